The van der Waals surface area contributed by atoms with Crippen molar-refractivity contribution in [2.45, 2.75) is 43.5 Å². The third kappa shape index (κ3) is 2.21. The number of hydrogen-bond acceptors (Lipinski definition) is 3. The summed E-state index contributed by atoms with van der Waals surface area (Å²) in [6, 6.07) is 0.606. The summed E-state index contributed by atoms with van der Waals surface area (Å²) >= 11 is 1.98. The Morgan fingerprint density at radius 3 is 3.07 bits per heavy atom. The van der Waals surface area contributed by atoms with Gasteiger partial charge in [0.15, 0.2) is 0 Å². The van der Waals surface area contributed by atoms with Crippen LogP contribution in [-0.2, 0) is 6.54 Å². The number of aromatic nitrogens is 2. The Labute approximate surface area is 95.4 Å². The normalized spacial score (nSPS) is 26.8. The molecule has 2 N–H and O–H groups in total. The van der Waals surface area contributed by atoms with E-state index in [2.05, 4.69) is 15.8 Å². The van der Waals surface area contributed by atoms with Crippen LogP contribution < -0.4 is 5.73 Å². The Bertz CT molecular complexity index is 311. The number of thioether (sulfide) groups is 1. The van der Waals surface area contributed by atoms with Crippen LogP contribution in [0, 0.1) is 0 Å². The quantitative estimate of drug-likeness (QED) is 0.857. The molecule has 1 aliphatic rings. The molecule has 1 aromatic rings. The van der Waals surface area contributed by atoms with Gasteiger partial charge in [-0.25, -0.2) is 4.98 Å². The average Bonchev–Trinajstić information content (AvgIpc) is 2.76. The lowest BCUT2D eigenvalue weighted by Crippen LogP contribution is -2.26. The molecule has 1 aliphatic carbocycles. The van der Waals surface area contributed by atoms with E-state index in [0.717, 1.165) is 5.25 Å². The standard InChI is InChI=1S/C11H19N3S/c1-15-11-5-3-2-4-10(11)14-8-13-7-9(14)6-12/h7-8,10-11H,2-6,12H2,1H3. The van der Waals surface area contributed by atoms with Crippen molar-refractivity contribution in [3.63, 3.8) is 0 Å². The zero-order valence-corrected chi connectivity index (χ0v) is 10.0. The van der Waals surface area contributed by atoms with Crippen LogP contribution in [0.1, 0.15) is 37.4 Å². The molecule has 1 saturated carbocycles. The van der Waals surface area contributed by atoms with Gasteiger partial charge < -0.3 is 10.3 Å². The molecule has 1 heterocycles. The van der Waals surface area contributed by atoms with E-state index in [4.69, 9.17) is 5.73 Å². The predicted molar refractivity (Wildman–Crippen MR) is 64.9 cm³/mol. The second-order valence-electron chi connectivity index (χ2n) is 4.12. The molecule has 4 heteroatoms. The molecule has 0 spiro atoms. The maximum absolute atomic E-state index is 5.72. The van der Waals surface area contributed by atoms with Gasteiger partial charge in [0.05, 0.1) is 12.0 Å². The molecule has 84 valence electrons. The lowest BCUT2D eigenvalue weighted by Gasteiger charge is -2.32. The third-order valence-corrected chi connectivity index (χ3v) is 4.44. The first-order valence-corrected chi connectivity index (χ1v) is 6.89. The Morgan fingerprint density at radius 2 is 2.33 bits per heavy atom. The molecule has 0 amide bonds. The van der Waals surface area contributed by atoms with Gasteiger partial charge in [-0.3, -0.25) is 0 Å². The summed E-state index contributed by atoms with van der Waals surface area (Å²) in [5, 5.41) is 0.734. The molecule has 0 radical (unpaired) electrons. The molecule has 0 saturated heterocycles. The van der Waals surface area contributed by atoms with Crippen LogP contribution in [0.2, 0.25) is 0 Å². The minimum Gasteiger partial charge on any atom is -0.329 e. The highest BCUT2D eigenvalue weighted by atomic mass is 32.2. The molecule has 2 unspecified atom stereocenters. The van der Waals surface area contributed by atoms with Crippen molar-refractivity contribution in [3.8, 4) is 0 Å². The maximum atomic E-state index is 5.72. The van der Waals surface area contributed by atoms with Crippen molar-refractivity contribution in [2.75, 3.05) is 6.26 Å². The largest absolute Gasteiger partial charge is 0.329 e. The number of nitrogens with two attached hydrogens (primary N) is 1. The second-order valence-corrected chi connectivity index (χ2v) is 5.20. The summed E-state index contributed by atoms with van der Waals surface area (Å²) in [6.45, 7) is 0.595. The van der Waals surface area contributed by atoms with Gasteiger partial charge in [-0.15, -0.1) is 0 Å². The Kier molecular flexibility index (Phi) is 3.70. The summed E-state index contributed by atoms with van der Waals surface area (Å²) in [5.41, 5.74) is 6.89. The van der Waals surface area contributed by atoms with E-state index in [9.17, 15) is 0 Å². The Balaban J connectivity index is 2.20. The van der Waals surface area contributed by atoms with E-state index in [1.54, 1.807) is 0 Å². The highest BCUT2D eigenvalue weighted by molar-refractivity contribution is 7.99. The van der Waals surface area contributed by atoms with Gasteiger partial charge in [-0.2, -0.15) is 11.8 Å². The van der Waals surface area contributed by atoms with E-state index in [1.165, 1.54) is 31.4 Å². The summed E-state index contributed by atoms with van der Waals surface area (Å²) in [7, 11) is 0. The number of nitrogens with zero attached hydrogens (tertiary/aromatic N) is 2. The van der Waals surface area contributed by atoms with Crippen molar-refractivity contribution in [1.82, 2.24) is 9.55 Å². The van der Waals surface area contributed by atoms with Crippen LogP contribution in [0.3, 0.4) is 0 Å². The number of hydrogen-bond donors (Lipinski definition) is 1. The van der Waals surface area contributed by atoms with Gasteiger partial charge in [0.1, 0.15) is 0 Å². The van der Waals surface area contributed by atoms with E-state index >= 15 is 0 Å². The first kappa shape index (κ1) is 11.0. The zero-order valence-electron chi connectivity index (χ0n) is 9.22. The van der Waals surface area contributed by atoms with Crippen LogP contribution in [0.25, 0.3) is 0 Å². The Hall–Kier alpha value is -0.480. The molecule has 0 aromatic carbocycles. The third-order valence-electron chi connectivity index (χ3n) is 3.28. The van der Waals surface area contributed by atoms with Crippen LogP contribution >= 0.6 is 11.8 Å². The Morgan fingerprint density at radius 1 is 1.53 bits per heavy atom. The second kappa shape index (κ2) is 5.03. The maximum Gasteiger partial charge on any atom is 0.0951 e. The van der Waals surface area contributed by atoms with Gasteiger partial charge in [0.2, 0.25) is 0 Å². The lowest BCUT2D eigenvalue weighted by molar-refractivity contribution is 0.358. The number of imidazole rings is 1. The van der Waals surface area contributed by atoms with Crippen molar-refractivity contribution < 1.29 is 0 Å². The summed E-state index contributed by atoms with van der Waals surface area (Å²) < 4.78 is 2.29. The minimum absolute atomic E-state index is 0.595. The highest BCUT2D eigenvalue weighted by Gasteiger charge is 2.26. The molecular formula is C11H19N3S. The molecule has 0 bridgehead atoms. The molecular weight excluding hydrogens is 206 g/mol. The summed E-state index contributed by atoms with van der Waals surface area (Å²) in [6.07, 6.45) is 11.4. The highest BCUT2D eigenvalue weighted by Crippen LogP contribution is 2.36. The SMILES string of the molecule is CSC1CCCCC1n1cncc1CN. The van der Waals surface area contributed by atoms with Gasteiger partial charge >= 0.3 is 0 Å². The lowest BCUT2D eigenvalue weighted by atomic mass is 9.94. The molecule has 15 heavy (non-hydrogen) atoms. The van der Waals surface area contributed by atoms with Crippen LogP contribution in [0.4, 0.5) is 0 Å². The van der Waals surface area contributed by atoms with Crippen LogP contribution in [-0.4, -0.2) is 21.1 Å². The van der Waals surface area contributed by atoms with E-state index < -0.39 is 0 Å². The fourth-order valence-corrected chi connectivity index (χ4v) is 3.44. The first-order valence-electron chi connectivity index (χ1n) is 5.60. The van der Waals surface area contributed by atoms with Gasteiger partial charge in [0, 0.05) is 24.0 Å². The zero-order chi connectivity index (χ0) is 10.7. The average molecular weight is 225 g/mol. The van der Waals surface area contributed by atoms with Crippen molar-refractivity contribution in [2.24, 2.45) is 5.73 Å². The van der Waals surface area contributed by atoms with E-state index in [-0.39, 0.29) is 0 Å². The fraction of sp³-hybridized carbons (Fsp3) is 0.727. The van der Waals surface area contributed by atoms with E-state index in [1.807, 2.05) is 24.3 Å². The van der Waals surface area contributed by atoms with Gasteiger partial charge in [-0.05, 0) is 19.1 Å². The first-order chi connectivity index (χ1) is 7.36. The van der Waals surface area contributed by atoms with Crippen LogP contribution in [0.15, 0.2) is 12.5 Å². The topological polar surface area (TPSA) is 43.8 Å². The summed E-state index contributed by atoms with van der Waals surface area (Å²) in [4.78, 5) is 4.21. The van der Waals surface area contributed by atoms with Gasteiger partial charge in [0.25, 0.3) is 0 Å². The van der Waals surface area contributed by atoms with Crippen molar-refractivity contribution in [1.29, 1.82) is 0 Å². The molecule has 2 atom stereocenters. The monoisotopic (exact) mass is 225 g/mol. The number of rotatable bonds is 3. The molecule has 1 aromatic heterocycles. The predicted octanol–water partition coefficient (Wildman–Crippen LogP) is 2.19. The molecule has 2 rings (SSSR count). The summed E-state index contributed by atoms with van der Waals surface area (Å²) in [5.74, 6) is 0. The molecule has 0 aliphatic heterocycles. The van der Waals surface area contributed by atoms with Crippen molar-refractivity contribution >= 4 is 11.8 Å². The smallest absolute Gasteiger partial charge is 0.0951 e. The van der Waals surface area contributed by atoms with Crippen molar-refractivity contribution in [3.05, 3.63) is 18.2 Å². The minimum atomic E-state index is 0.595. The van der Waals surface area contributed by atoms with Crippen LogP contribution in [0.5, 0.6) is 0 Å². The fourth-order valence-electron chi connectivity index (χ4n) is 2.46. The van der Waals surface area contributed by atoms with Gasteiger partial charge in [-0.1, -0.05) is 12.8 Å². The molecule has 3 nitrogen and oxygen atoms in total. The molecule has 1 fully saturated rings. The van der Waals surface area contributed by atoms with E-state index in [0.29, 0.717) is 12.6 Å².